The van der Waals surface area contributed by atoms with Gasteiger partial charge in [0.1, 0.15) is 5.82 Å². The van der Waals surface area contributed by atoms with Gasteiger partial charge in [0.2, 0.25) is 5.95 Å². The van der Waals surface area contributed by atoms with Gasteiger partial charge in [-0.1, -0.05) is 12.1 Å². The van der Waals surface area contributed by atoms with Crippen LogP contribution in [0.15, 0.2) is 30.5 Å². The van der Waals surface area contributed by atoms with E-state index in [0.29, 0.717) is 5.95 Å². The van der Waals surface area contributed by atoms with Gasteiger partial charge in [-0.05, 0) is 24.6 Å². The van der Waals surface area contributed by atoms with E-state index in [4.69, 9.17) is 0 Å². The minimum atomic E-state index is -0.262. The molecule has 0 aliphatic heterocycles. The van der Waals surface area contributed by atoms with E-state index in [1.807, 2.05) is 13.0 Å². The lowest BCUT2D eigenvalue weighted by molar-refractivity contribution is 0.628. The minimum absolute atomic E-state index is 0.262. The van der Waals surface area contributed by atoms with Gasteiger partial charge in [-0.2, -0.15) is 0 Å². The summed E-state index contributed by atoms with van der Waals surface area (Å²) in [7, 11) is 1.75. The van der Waals surface area contributed by atoms with E-state index in [2.05, 4.69) is 15.3 Å². The maximum absolute atomic E-state index is 13.1. The number of rotatable bonds is 2. The van der Waals surface area contributed by atoms with Gasteiger partial charge in [0.05, 0.1) is 5.69 Å². The molecule has 4 heteroatoms. The highest BCUT2D eigenvalue weighted by Crippen LogP contribution is 2.22. The Morgan fingerprint density at radius 2 is 2.12 bits per heavy atom. The lowest BCUT2D eigenvalue weighted by atomic mass is 10.1. The molecule has 0 unspecified atom stereocenters. The number of aryl methyl sites for hydroxylation is 1. The lowest BCUT2D eigenvalue weighted by Crippen LogP contribution is -1.99. The van der Waals surface area contributed by atoms with E-state index in [9.17, 15) is 4.39 Å². The molecular weight excluding hydrogens is 205 g/mol. The zero-order valence-electron chi connectivity index (χ0n) is 9.16. The highest BCUT2D eigenvalue weighted by molar-refractivity contribution is 5.63. The molecule has 16 heavy (non-hydrogen) atoms. The van der Waals surface area contributed by atoms with Gasteiger partial charge in [-0.3, -0.25) is 0 Å². The molecule has 2 rings (SSSR count). The van der Waals surface area contributed by atoms with Crippen molar-refractivity contribution in [2.24, 2.45) is 0 Å². The van der Waals surface area contributed by atoms with Crippen LogP contribution in [0, 0.1) is 12.7 Å². The van der Waals surface area contributed by atoms with Gasteiger partial charge >= 0.3 is 0 Å². The Morgan fingerprint density at radius 3 is 2.81 bits per heavy atom. The number of hydrogen-bond donors (Lipinski definition) is 1. The third-order valence-electron chi connectivity index (χ3n) is 2.29. The largest absolute Gasteiger partial charge is 0.357 e. The molecule has 2 aromatic rings. The molecule has 1 heterocycles. The van der Waals surface area contributed by atoms with Crippen molar-refractivity contribution in [3.8, 4) is 11.3 Å². The summed E-state index contributed by atoms with van der Waals surface area (Å²) in [6.07, 6.45) is 1.72. The van der Waals surface area contributed by atoms with E-state index < -0.39 is 0 Å². The number of nitrogens with zero attached hydrogens (tertiary/aromatic N) is 2. The van der Waals surface area contributed by atoms with Gasteiger partial charge in [0, 0.05) is 18.8 Å². The summed E-state index contributed by atoms with van der Waals surface area (Å²) in [6, 6.07) is 6.39. The van der Waals surface area contributed by atoms with Gasteiger partial charge in [0.25, 0.3) is 0 Å². The van der Waals surface area contributed by atoms with Crippen LogP contribution in [-0.2, 0) is 0 Å². The maximum atomic E-state index is 13.1. The molecule has 82 valence electrons. The molecule has 1 aromatic carbocycles. The predicted octanol–water partition coefficient (Wildman–Crippen LogP) is 2.63. The highest BCUT2D eigenvalue weighted by atomic mass is 19.1. The number of nitrogens with one attached hydrogen (secondary N) is 1. The number of anilines is 1. The molecule has 0 saturated heterocycles. The molecule has 3 nitrogen and oxygen atoms in total. The molecule has 1 aromatic heterocycles. The van der Waals surface area contributed by atoms with Crippen LogP contribution in [0.4, 0.5) is 10.3 Å². The third kappa shape index (κ3) is 2.00. The monoisotopic (exact) mass is 217 g/mol. The van der Waals surface area contributed by atoms with E-state index >= 15 is 0 Å². The first-order chi connectivity index (χ1) is 7.70. The van der Waals surface area contributed by atoms with Crippen molar-refractivity contribution in [3.05, 3.63) is 41.8 Å². The average Bonchev–Trinajstić information content (AvgIpc) is 2.30. The summed E-state index contributed by atoms with van der Waals surface area (Å²) < 4.78 is 13.1. The molecule has 0 aliphatic rings. The van der Waals surface area contributed by atoms with Gasteiger partial charge in [-0.15, -0.1) is 0 Å². The van der Waals surface area contributed by atoms with E-state index in [-0.39, 0.29) is 5.82 Å². The standard InChI is InChI=1S/C12H12FN3/c1-8-7-15-12(14-2)16-11(8)9-4-3-5-10(13)6-9/h3-7H,1-2H3,(H,14,15,16). The zero-order valence-corrected chi connectivity index (χ0v) is 9.16. The molecule has 0 amide bonds. The Kier molecular flexibility index (Phi) is 2.81. The number of halogens is 1. The van der Waals surface area contributed by atoms with Crippen LogP contribution in [0.5, 0.6) is 0 Å². The van der Waals surface area contributed by atoms with Crippen molar-refractivity contribution in [2.45, 2.75) is 6.92 Å². The summed E-state index contributed by atoms with van der Waals surface area (Å²) in [6.45, 7) is 1.90. The maximum Gasteiger partial charge on any atom is 0.222 e. The molecule has 0 spiro atoms. The number of aromatic nitrogens is 2. The van der Waals surface area contributed by atoms with Crippen LogP contribution in [0.3, 0.4) is 0 Å². The molecule has 0 atom stereocenters. The van der Waals surface area contributed by atoms with Crippen LogP contribution in [0.2, 0.25) is 0 Å². The SMILES string of the molecule is CNc1ncc(C)c(-c2cccc(F)c2)n1. The predicted molar refractivity (Wildman–Crippen MR) is 61.7 cm³/mol. The van der Waals surface area contributed by atoms with Crippen molar-refractivity contribution < 1.29 is 4.39 Å². The lowest BCUT2D eigenvalue weighted by Gasteiger charge is -2.06. The van der Waals surface area contributed by atoms with Crippen molar-refractivity contribution in [1.29, 1.82) is 0 Å². The van der Waals surface area contributed by atoms with Crippen molar-refractivity contribution in [2.75, 3.05) is 12.4 Å². The smallest absolute Gasteiger partial charge is 0.222 e. The molecular formula is C12H12FN3. The van der Waals surface area contributed by atoms with Crippen molar-refractivity contribution in [1.82, 2.24) is 9.97 Å². The van der Waals surface area contributed by atoms with Crippen molar-refractivity contribution >= 4 is 5.95 Å². The first-order valence-corrected chi connectivity index (χ1v) is 4.98. The summed E-state index contributed by atoms with van der Waals surface area (Å²) >= 11 is 0. The van der Waals surface area contributed by atoms with Crippen LogP contribution in [0.25, 0.3) is 11.3 Å². The topological polar surface area (TPSA) is 37.8 Å². The fourth-order valence-corrected chi connectivity index (χ4v) is 1.49. The Labute approximate surface area is 93.4 Å². The van der Waals surface area contributed by atoms with Gasteiger partial charge in [0.15, 0.2) is 0 Å². The zero-order chi connectivity index (χ0) is 11.5. The van der Waals surface area contributed by atoms with E-state index in [1.54, 1.807) is 19.3 Å². The minimum Gasteiger partial charge on any atom is -0.357 e. The fourth-order valence-electron chi connectivity index (χ4n) is 1.49. The Morgan fingerprint density at radius 1 is 1.31 bits per heavy atom. The molecule has 0 radical (unpaired) electrons. The highest BCUT2D eigenvalue weighted by Gasteiger charge is 2.06. The van der Waals surface area contributed by atoms with Crippen LogP contribution < -0.4 is 5.32 Å². The summed E-state index contributed by atoms with van der Waals surface area (Å²) in [5, 5.41) is 2.86. The summed E-state index contributed by atoms with van der Waals surface area (Å²) in [5.74, 6) is 0.270. The molecule has 0 saturated carbocycles. The van der Waals surface area contributed by atoms with Gasteiger partial charge in [-0.25, -0.2) is 14.4 Å². The summed E-state index contributed by atoms with van der Waals surface area (Å²) in [4.78, 5) is 8.40. The second-order valence-electron chi connectivity index (χ2n) is 3.49. The van der Waals surface area contributed by atoms with Crippen LogP contribution in [0.1, 0.15) is 5.56 Å². The Balaban J connectivity index is 2.54. The normalized spacial score (nSPS) is 10.2. The fraction of sp³-hybridized carbons (Fsp3) is 0.167. The molecule has 0 bridgehead atoms. The quantitative estimate of drug-likeness (QED) is 0.840. The molecule has 0 aliphatic carbocycles. The third-order valence-corrected chi connectivity index (χ3v) is 2.29. The van der Waals surface area contributed by atoms with Crippen LogP contribution in [-0.4, -0.2) is 17.0 Å². The van der Waals surface area contributed by atoms with E-state index in [0.717, 1.165) is 16.8 Å². The first kappa shape index (κ1) is 10.5. The first-order valence-electron chi connectivity index (χ1n) is 4.98. The van der Waals surface area contributed by atoms with E-state index in [1.165, 1.54) is 12.1 Å². The Hall–Kier alpha value is -1.97. The van der Waals surface area contributed by atoms with Crippen LogP contribution >= 0.6 is 0 Å². The molecule has 0 fully saturated rings. The molecule has 1 N–H and O–H groups in total. The second kappa shape index (κ2) is 4.26. The summed E-state index contributed by atoms with van der Waals surface area (Å²) in [5.41, 5.74) is 2.43. The van der Waals surface area contributed by atoms with Gasteiger partial charge < -0.3 is 5.32 Å². The number of hydrogen-bond acceptors (Lipinski definition) is 3. The second-order valence-corrected chi connectivity index (χ2v) is 3.49. The number of benzene rings is 1. The average molecular weight is 217 g/mol. The van der Waals surface area contributed by atoms with Crippen molar-refractivity contribution in [3.63, 3.8) is 0 Å². The Bertz CT molecular complexity index is 511.